The molecular formula is C19H27N5O5. The Labute approximate surface area is 168 Å². The van der Waals surface area contributed by atoms with Gasteiger partial charge in [-0.3, -0.25) is 0 Å². The Bertz CT molecular complexity index is 886. The van der Waals surface area contributed by atoms with Crippen molar-refractivity contribution in [1.29, 1.82) is 0 Å². The number of amides is 1. The summed E-state index contributed by atoms with van der Waals surface area (Å²) in [6.07, 6.45) is -1.60. The number of rotatable bonds is 6. The summed E-state index contributed by atoms with van der Waals surface area (Å²) in [5.41, 5.74) is 3.14. The maximum absolute atomic E-state index is 11.7. The molecule has 1 fully saturated rings. The molecule has 0 spiro atoms. The Morgan fingerprint density at radius 3 is 2.86 bits per heavy atom. The third-order valence-electron chi connectivity index (χ3n) is 5.27. The molecule has 1 aromatic carbocycles. The molecule has 10 heteroatoms. The zero-order chi connectivity index (χ0) is 21.2. The lowest BCUT2D eigenvalue weighted by molar-refractivity contribution is 0.0667. The second-order valence-corrected chi connectivity index (χ2v) is 7.65. The van der Waals surface area contributed by atoms with E-state index in [1.165, 1.54) is 4.90 Å². The van der Waals surface area contributed by atoms with Crippen LogP contribution in [-0.2, 0) is 6.42 Å². The number of piperazine rings is 1. The standard InChI is InChI=1S/C19H27N5O5/c1-11-6-13(8-19(3)10-20-4-5-24(19)18(27)28)12(2)14(7-11)21-17-23-22-16(29-17)15(26)9-25/h6-7,15,20,25-26H,4-5,8-10H2,1-3H3,(H,21,23)(H,27,28)/t15-,19-/m0/s1. The average molecular weight is 405 g/mol. The maximum atomic E-state index is 11.7. The quantitative estimate of drug-likeness (QED) is 0.481. The fraction of sp³-hybridized carbons (Fsp3) is 0.526. The summed E-state index contributed by atoms with van der Waals surface area (Å²) in [5.74, 6) is -0.0709. The zero-order valence-corrected chi connectivity index (χ0v) is 16.8. The molecule has 0 radical (unpaired) electrons. The molecule has 10 nitrogen and oxygen atoms in total. The highest BCUT2D eigenvalue weighted by atomic mass is 16.4. The van der Waals surface area contributed by atoms with E-state index in [0.29, 0.717) is 26.1 Å². The van der Waals surface area contributed by atoms with Crippen LogP contribution in [0.15, 0.2) is 16.5 Å². The SMILES string of the molecule is Cc1cc(C[C@@]2(C)CNCCN2C(=O)O)c(C)c(Nc2nnc([C@@H](O)CO)o2)c1. The number of aliphatic hydroxyl groups excluding tert-OH is 2. The van der Waals surface area contributed by atoms with E-state index in [4.69, 9.17) is 9.52 Å². The van der Waals surface area contributed by atoms with Crippen molar-refractivity contribution in [1.82, 2.24) is 20.4 Å². The number of aromatic nitrogens is 2. The first-order valence-electron chi connectivity index (χ1n) is 9.44. The van der Waals surface area contributed by atoms with Crippen molar-refractivity contribution >= 4 is 17.8 Å². The van der Waals surface area contributed by atoms with Crippen LogP contribution in [0.4, 0.5) is 16.5 Å². The summed E-state index contributed by atoms with van der Waals surface area (Å²) in [5, 5.41) is 42.1. The summed E-state index contributed by atoms with van der Waals surface area (Å²) in [6.45, 7) is 6.99. The van der Waals surface area contributed by atoms with Gasteiger partial charge in [-0.15, -0.1) is 5.10 Å². The summed E-state index contributed by atoms with van der Waals surface area (Å²) in [7, 11) is 0. The first-order valence-corrected chi connectivity index (χ1v) is 9.44. The predicted octanol–water partition coefficient (Wildman–Crippen LogP) is 1.34. The smallest absolute Gasteiger partial charge is 0.407 e. The minimum Gasteiger partial charge on any atom is -0.465 e. The molecule has 5 N–H and O–H groups in total. The third kappa shape index (κ3) is 4.50. The Morgan fingerprint density at radius 1 is 1.41 bits per heavy atom. The number of carbonyl (C=O) groups is 1. The minimum absolute atomic E-state index is 0.0709. The van der Waals surface area contributed by atoms with Gasteiger partial charge in [0.1, 0.15) is 0 Å². The predicted molar refractivity (Wildman–Crippen MR) is 105 cm³/mol. The van der Waals surface area contributed by atoms with Gasteiger partial charge in [0.15, 0.2) is 6.10 Å². The number of benzene rings is 1. The summed E-state index contributed by atoms with van der Waals surface area (Å²) in [4.78, 5) is 13.2. The van der Waals surface area contributed by atoms with Gasteiger partial charge in [-0.1, -0.05) is 11.2 Å². The van der Waals surface area contributed by atoms with E-state index in [1.807, 2.05) is 26.8 Å². The van der Waals surface area contributed by atoms with Crippen molar-refractivity contribution in [2.45, 2.75) is 38.8 Å². The highest BCUT2D eigenvalue weighted by molar-refractivity contribution is 5.67. The Kier molecular flexibility index (Phi) is 6.06. The van der Waals surface area contributed by atoms with Crippen molar-refractivity contribution in [2.75, 3.05) is 31.6 Å². The summed E-state index contributed by atoms with van der Waals surface area (Å²) < 4.78 is 5.35. The number of nitrogens with zero attached hydrogens (tertiary/aromatic N) is 3. The highest BCUT2D eigenvalue weighted by Crippen LogP contribution is 2.30. The van der Waals surface area contributed by atoms with Gasteiger partial charge in [0.2, 0.25) is 5.89 Å². The van der Waals surface area contributed by atoms with Crippen molar-refractivity contribution in [3.63, 3.8) is 0 Å². The Morgan fingerprint density at radius 2 is 2.17 bits per heavy atom. The molecule has 2 heterocycles. The summed E-state index contributed by atoms with van der Waals surface area (Å²) in [6, 6.07) is 4.08. The normalized spacial score (nSPS) is 20.5. The zero-order valence-electron chi connectivity index (χ0n) is 16.8. The first-order chi connectivity index (χ1) is 13.7. The van der Waals surface area contributed by atoms with Gasteiger partial charge in [-0.2, -0.15) is 0 Å². The number of hydrogen-bond donors (Lipinski definition) is 5. The van der Waals surface area contributed by atoms with Gasteiger partial charge in [0.05, 0.1) is 12.1 Å². The van der Waals surface area contributed by atoms with Crippen LogP contribution >= 0.6 is 0 Å². The molecule has 2 aromatic rings. The van der Waals surface area contributed by atoms with E-state index in [1.54, 1.807) is 0 Å². The molecule has 29 heavy (non-hydrogen) atoms. The number of anilines is 2. The second kappa shape index (κ2) is 8.36. The molecule has 0 unspecified atom stereocenters. The minimum atomic E-state index is -1.23. The number of aryl methyl sites for hydroxylation is 1. The van der Waals surface area contributed by atoms with Gasteiger partial charge < -0.3 is 35.3 Å². The molecule has 1 aromatic heterocycles. The van der Waals surface area contributed by atoms with Crippen LogP contribution in [0.1, 0.15) is 35.6 Å². The van der Waals surface area contributed by atoms with E-state index >= 15 is 0 Å². The molecule has 158 valence electrons. The molecule has 1 saturated heterocycles. The van der Waals surface area contributed by atoms with Crippen LogP contribution in [0.3, 0.4) is 0 Å². The van der Waals surface area contributed by atoms with Gasteiger partial charge in [-0.25, -0.2) is 4.79 Å². The molecule has 3 rings (SSSR count). The molecule has 1 aliphatic heterocycles. The van der Waals surface area contributed by atoms with Crippen LogP contribution in [-0.4, -0.2) is 68.3 Å². The van der Waals surface area contributed by atoms with Gasteiger partial charge in [0, 0.05) is 25.3 Å². The molecule has 0 bridgehead atoms. The van der Waals surface area contributed by atoms with Crippen LogP contribution in [0.5, 0.6) is 0 Å². The van der Waals surface area contributed by atoms with Crippen molar-refractivity contribution in [3.05, 3.63) is 34.7 Å². The Balaban J connectivity index is 1.87. The monoisotopic (exact) mass is 405 g/mol. The van der Waals surface area contributed by atoms with E-state index in [-0.39, 0.29) is 11.9 Å². The fourth-order valence-electron chi connectivity index (χ4n) is 3.67. The van der Waals surface area contributed by atoms with E-state index in [2.05, 4.69) is 26.9 Å². The lowest BCUT2D eigenvalue weighted by atomic mass is 9.86. The van der Waals surface area contributed by atoms with Crippen LogP contribution < -0.4 is 10.6 Å². The highest BCUT2D eigenvalue weighted by Gasteiger charge is 2.38. The molecule has 2 atom stereocenters. The van der Waals surface area contributed by atoms with Gasteiger partial charge in [-0.05, 0) is 49.9 Å². The van der Waals surface area contributed by atoms with E-state index in [9.17, 15) is 15.0 Å². The van der Waals surface area contributed by atoms with Gasteiger partial charge in [0.25, 0.3) is 0 Å². The van der Waals surface area contributed by atoms with E-state index < -0.39 is 24.3 Å². The van der Waals surface area contributed by atoms with Crippen molar-refractivity contribution < 1.29 is 24.5 Å². The molecule has 1 aliphatic rings. The fourth-order valence-corrected chi connectivity index (χ4v) is 3.67. The van der Waals surface area contributed by atoms with E-state index in [0.717, 1.165) is 22.4 Å². The average Bonchev–Trinajstić information content (AvgIpc) is 3.13. The summed E-state index contributed by atoms with van der Waals surface area (Å²) >= 11 is 0. The Hall–Kier alpha value is -2.69. The second-order valence-electron chi connectivity index (χ2n) is 7.65. The van der Waals surface area contributed by atoms with Crippen LogP contribution in [0, 0.1) is 13.8 Å². The molecule has 0 saturated carbocycles. The number of hydrogen-bond acceptors (Lipinski definition) is 8. The van der Waals surface area contributed by atoms with Crippen molar-refractivity contribution in [2.24, 2.45) is 0 Å². The van der Waals surface area contributed by atoms with Gasteiger partial charge >= 0.3 is 12.1 Å². The van der Waals surface area contributed by atoms with Crippen LogP contribution in [0.2, 0.25) is 0 Å². The third-order valence-corrected chi connectivity index (χ3v) is 5.27. The first kappa shape index (κ1) is 21.0. The largest absolute Gasteiger partial charge is 0.465 e. The lowest BCUT2D eigenvalue weighted by Crippen LogP contribution is -2.62. The lowest BCUT2D eigenvalue weighted by Gasteiger charge is -2.44. The molecule has 0 aliphatic carbocycles. The molecule has 1 amide bonds. The topological polar surface area (TPSA) is 144 Å². The number of aliphatic hydroxyl groups is 2. The van der Waals surface area contributed by atoms with Crippen molar-refractivity contribution in [3.8, 4) is 0 Å². The number of carboxylic acid groups (broad SMARTS) is 1. The maximum Gasteiger partial charge on any atom is 0.407 e. The van der Waals surface area contributed by atoms with Crippen LogP contribution in [0.25, 0.3) is 0 Å². The molecular weight excluding hydrogens is 378 g/mol. The number of nitrogens with one attached hydrogen (secondary N) is 2.